The molecule has 0 atom stereocenters. The maximum absolute atomic E-state index is 5.78. The quantitative estimate of drug-likeness (QED) is 0.593. The lowest BCUT2D eigenvalue weighted by atomic mass is 10.1. The summed E-state index contributed by atoms with van der Waals surface area (Å²) in [6, 6.07) is 14.0. The summed E-state index contributed by atoms with van der Waals surface area (Å²) in [5.74, 6) is 3.09. The Balaban J connectivity index is 0.00000245. The normalized spacial score (nSPS) is 14.8. The molecule has 0 saturated carbocycles. The van der Waals surface area contributed by atoms with Crippen LogP contribution < -0.4 is 19.5 Å². The molecule has 5 rings (SSSR count). The molecule has 2 aliphatic heterocycles. The van der Waals surface area contributed by atoms with E-state index in [1.165, 1.54) is 11.1 Å². The van der Waals surface area contributed by atoms with Crippen LogP contribution in [-0.4, -0.2) is 41.2 Å². The number of nitrogens with zero attached hydrogens (tertiary/aromatic N) is 3. The molecule has 1 N–H and O–H groups in total. The Morgan fingerprint density at radius 2 is 1.94 bits per heavy atom. The lowest BCUT2D eigenvalue weighted by Gasteiger charge is -2.28. The zero-order valence-corrected chi connectivity index (χ0v) is 18.9. The molecule has 3 heterocycles. The third kappa shape index (κ3) is 4.89. The summed E-state index contributed by atoms with van der Waals surface area (Å²) in [7, 11) is 0. The average molecular weight is 455 g/mol. The van der Waals surface area contributed by atoms with Gasteiger partial charge in [0.1, 0.15) is 19.0 Å². The largest absolute Gasteiger partial charge is 0.494 e. The zero-order valence-electron chi connectivity index (χ0n) is 18.0. The minimum atomic E-state index is 0. The Bertz CT molecular complexity index is 1080. The zero-order chi connectivity index (χ0) is 21.0. The minimum absolute atomic E-state index is 0. The van der Waals surface area contributed by atoms with Crippen LogP contribution in [0, 0.1) is 0 Å². The molecular formula is C24H27ClN4O3. The third-order valence-electron chi connectivity index (χ3n) is 5.48. The number of halogens is 1. The van der Waals surface area contributed by atoms with Gasteiger partial charge in [-0.1, -0.05) is 18.2 Å². The third-order valence-corrected chi connectivity index (χ3v) is 5.48. The molecule has 3 aromatic rings. The molecule has 0 bridgehead atoms. The van der Waals surface area contributed by atoms with Gasteiger partial charge in [-0.3, -0.25) is 4.90 Å². The molecule has 8 heteroatoms. The molecule has 0 amide bonds. The van der Waals surface area contributed by atoms with E-state index in [2.05, 4.69) is 27.3 Å². The summed E-state index contributed by atoms with van der Waals surface area (Å²) in [5.41, 5.74) is 4.37. The van der Waals surface area contributed by atoms with E-state index in [9.17, 15) is 0 Å². The van der Waals surface area contributed by atoms with Crippen LogP contribution >= 0.6 is 12.4 Å². The number of hydrogen-bond acceptors (Lipinski definition) is 7. The maximum atomic E-state index is 5.78. The Morgan fingerprint density at radius 3 is 2.81 bits per heavy atom. The van der Waals surface area contributed by atoms with E-state index in [1.54, 1.807) is 0 Å². The summed E-state index contributed by atoms with van der Waals surface area (Å²) in [6.07, 6.45) is 2.83. The number of hydrogen-bond donors (Lipinski definition) is 1. The van der Waals surface area contributed by atoms with Crippen molar-refractivity contribution in [1.82, 2.24) is 14.9 Å². The van der Waals surface area contributed by atoms with Gasteiger partial charge in [-0.25, -0.2) is 9.97 Å². The standard InChI is InChI=1S/C24H26N4O3.ClH/c1-2-29-21-6-4-3-5-17(21)15-28-10-9-20-18(16-28)14-25-24(27-20)26-19-7-8-22-23(13-19)31-12-11-30-22;/h3-8,13-14H,2,9-12,15-16H2,1H3,(H,25,26,27);1H. The van der Waals surface area contributed by atoms with Gasteiger partial charge in [0, 0.05) is 55.1 Å². The fourth-order valence-electron chi connectivity index (χ4n) is 3.99. The van der Waals surface area contributed by atoms with Gasteiger partial charge >= 0.3 is 0 Å². The van der Waals surface area contributed by atoms with Crippen molar-refractivity contribution >= 4 is 24.0 Å². The first kappa shape index (κ1) is 22.2. The number of nitrogens with one attached hydrogen (secondary N) is 1. The van der Waals surface area contributed by atoms with E-state index in [-0.39, 0.29) is 12.4 Å². The first-order chi connectivity index (χ1) is 15.3. The number of benzene rings is 2. The SMILES string of the molecule is CCOc1ccccc1CN1CCc2nc(Nc3ccc4c(c3)OCCO4)ncc2C1.Cl. The molecule has 1 aromatic heterocycles. The number of rotatable bonds is 6. The van der Waals surface area contributed by atoms with Crippen molar-refractivity contribution in [2.45, 2.75) is 26.4 Å². The van der Waals surface area contributed by atoms with Crippen LogP contribution in [0.2, 0.25) is 0 Å². The van der Waals surface area contributed by atoms with Gasteiger partial charge in [0.25, 0.3) is 0 Å². The number of fused-ring (bicyclic) bond motifs is 2. The van der Waals surface area contributed by atoms with E-state index >= 15 is 0 Å². The maximum Gasteiger partial charge on any atom is 0.227 e. The Hall–Kier alpha value is -3.03. The van der Waals surface area contributed by atoms with Gasteiger partial charge in [-0.15, -0.1) is 12.4 Å². The lowest BCUT2D eigenvalue weighted by molar-refractivity contribution is 0.171. The summed E-state index contributed by atoms with van der Waals surface area (Å²) < 4.78 is 17.0. The Kier molecular flexibility index (Phi) is 6.97. The first-order valence-corrected chi connectivity index (χ1v) is 10.7. The number of anilines is 2. The molecule has 7 nitrogen and oxygen atoms in total. The minimum Gasteiger partial charge on any atom is -0.494 e. The average Bonchev–Trinajstić information content (AvgIpc) is 2.80. The predicted octanol–water partition coefficient (Wildman–Crippen LogP) is 4.37. The molecule has 0 saturated heterocycles. The smallest absolute Gasteiger partial charge is 0.227 e. The van der Waals surface area contributed by atoms with Gasteiger partial charge in [-0.05, 0) is 25.1 Å². The highest BCUT2D eigenvalue weighted by atomic mass is 35.5. The fourth-order valence-corrected chi connectivity index (χ4v) is 3.99. The van der Waals surface area contributed by atoms with Crippen LogP contribution in [0.25, 0.3) is 0 Å². The summed E-state index contributed by atoms with van der Waals surface area (Å²) in [4.78, 5) is 11.7. The summed E-state index contributed by atoms with van der Waals surface area (Å²) >= 11 is 0. The van der Waals surface area contributed by atoms with Crippen molar-refractivity contribution in [2.24, 2.45) is 0 Å². The van der Waals surface area contributed by atoms with Crippen molar-refractivity contribution in [3.63, 3.8) is 0 Å². The van der Waals surface area contributed by atoms with Crippen LogP contribution in [0.3, 0.4) is 0 Å². The van der Waals surface area contributed by atoms with E-state index in [0.29, 0.717) is 25.8 Å². The van der Waals surface area contributed by atoms with Crippen molar-refractivity contribution < 1.29 is 14.2 Å². The molecule has 0 radical (unpaired) electrons. The lowest BCUT2D eigenvalue weighted by Crippen LogP contribution is -2.31. The van der Waals surface area contributed by atoms with Crippen LogP contribution in [0.5, 0.6) is 17.2 Å². The van der Waals surface area contributed by atoms with Gasteiger partial charge in [0.05, 0.1) is 12.3 Å². The number of ether oxygens (including phenoxy) is 3. The fraction of sp³-hybridized carbons (Fsp3) is 0.333. The molecule has 0 fully saturated rings. The molecule has 168 valence electrons. The van der Waals surface area contributed by atoms with Crippen LogP contribution in [0.4, 0.5) is 11.6 Å². The molecular weight excluding hydrogens is 428 g/mol. The molecule has 2 aliphatic rings. The van der Waals surface area contributed by atoms with Crippen molar-refractivity contribution in [3.8, 4) is 17.2 Å². The van der Waals surface area contributed by atoms with E-state index in [4.69, 9.17) is 19.2 Å². The van der Waals surface area contributed by atoms with Crippen molar-refractivity contribution in [3.05, 3.63) is 65.5 Å². The first-order valence-electron chi connectivity index (χ1n) is 10.7. The molecule has 0 aliphatic carbocycles. The molecule has 32 heavy (non-hydrogen) atoms. The monoisotopic (exact) mass is 454 g/mol. The summed E-state index contributed by atoms with van der Waals surface area (Å²) in [5, 5.41) is 3.29. The Morgan fingerprint density at radius 1 is 1.09 bits per heavy atom. The van der Waals surface area contributed by atoms with Gasteiger partial charge in [-0.2, -0.15) is 0 Å². The highest BCUT2D eigenvalue weighted by molar-refractivity contribution is 5.85. The van der Waals surface area contributed by atoms with Crippen molar-refractivity contribution in [1.29, 1.82) is 0 Å². The highest BCUT2D eigenvalue weighted by Gasteiger charge is 2.20. The van der Waals surface area contributed by atoms with Crippen LogP contribution in [-0.2, 0) is 19.5 Å². The van der Waals surface area contributed by atoms with Gasteiger partial charge < -0.3 is 19.5 Å². The second-order valence-electron chi connectivity index (χ2n) is 7.65. The summed E-state index contributed by atoms with van der Waals surface area (Å²) in [6.45, 7) is 6.48. The molecule has 0 spiro atoms. The van der Waals surface area contributed by atoms with Crippen molar-refractivity contribution in [2.75, 3.05) is 31.7 Å². The van der Waals surface area contributed by atoms with Gasteiger partial charge in [0.2, 0.25) is 5.95 Å². The Labute approximate surface area is 194 Å². The second-order valence-corrected chi connectivity index (χ2v) is 7.65. The topological polar surface area (TPSA) is 68.7 Å². The number of aromatic nitrogens is 2. The highest BCUT2D eigenvalue weighted by Crippen LogP contribution is 2.33. The molecule has 2 aromatic carbocycles. The van der Waals surface area contributed by atoms with Gasteiger partial charge in [0.15, 0.2) is 11.5 Å². The van der Waals surface area contributed by atoms with E-state index in [0.717, 1.165) is 54.7 Å². The molecule has 0 unspecified atom stereocenters. The van der Waals surface area contributed by atoms with E-state index < -0.39 is 0 Å². The number of para-hydroxylation sites is 1. The van der Waals surface area contributed by atoms with Crippen LogP contribution in [0.1, 0.15) is 23.7 Å². The second kappa shape index (κ2) is 10.1. The van der Waals surface area contributed by atoms with E-state index in [1.807, 2.05) is 43.5 Å². The predicted molar refractivity (Wildman–Crippen MR) is 125 cm³/mol. The van der Waals surface area contributed by atoms with Crippen LogP contribution in [0.15, 0.2) is 48.7 Å².